The van der Waals surface area contributed by atoms with Gasteiger partial charge in [-0.2, -0.15) is 0 Å². The van der Waals surface area contributed by atoms with Crippen molar-refractivity contribution in [2.75, 3.05) is 0 Å². The first-order valence-electron chi connectivity index (χ1n) is 18.4. The zero-order chi connectivity index (χ0) is 36.1. The highest BCUT2D eigenvalue weighted by molar-refractivity contribution is 6.64. The smallest absolute Gasteiger partial charge is 0.190 e. The summed E-state index contributed by atoms with van der Waals surface area (Å²) in [5, 5.41) is 2.53. The molecule has 0 aromatic heterocycles. The molecule has 1 radical (unpaired) electrons. The van der Waals surface area contributed by atoms with Gasteiger partial charge in [-0.25, -0.2) is 0 Å². The fraction of sp³-hybridized carbons (Fsp3) is 0.362. The van der Waals surface area contributed by atoms with Gasteiger partial charge in [0.1, 0.15) is 0 Å². The molecule has 4 aromatic carbocycles. The Morgan fingerprint density at radius 2 is 0.940 bits per heavy atom. The summed E-state index contributed by atoms with van der Waals surface area (Å²) >= 11 is 0. The van der Waals surface area contributed by atoms with Crippen molar-refractivity contribution in [2.45, 2.75) is 106 Å². The molecule has 0 amide bonds. The van der Waals surface area contributed by atoms with E-state index >= 15 is 0 Å². The van der Waals surface area contributed by atoms with Crippen LogP contribution in [0.5, 0.6) is 0 Å². The first-order chi connectivity index (χ1) is 23.2. The van der Waals surface area contributed by atoms with Gasteiger partial charge in [-0.05, 0) is 116 Å². The first-order valence-corrected chi connectivity index (χ1v) is 18.4. The molecule has 4 aromatic rings. The molecular weight excluding hydrogens is 603 g/mol. The maximum absolute atomic E-state index is 2.52. The highest BCUT2D eigenvalue weighted by atomic mass is 15.0. The van der Waals surface area contributed by atoms with E-state index in [-0.39, 0.29) is 21.7 Å². The largest absolute Gasteiger partial charge is 0.310 e. The fourth-order valence-corrected chi connectivity index (χ4v) is 7.60. The van der Waals surface area contributed by atoms with Crippen molar-refractivity contribution in [3.05, 3.63) is 118 Å². The molecule has 0 bridgehead atoms. The number of pyridine rings is 2. The Labute approximate surface area is 301 Å². The predicted octanol–water partition coefficient (Wildman–Crippen LogP) is 11.2. The van der Waals surface area contributed by atoms with Crippen LogP contribution in [-0.2, 0) is 16.2 Å². The summed E-state index contributed by atoms with van der Waals surface area (Å²) in [4.78, 5) is 0. The van der Waals surface area contributed by atoms with Gasteiger partial charge in [-0.3, -0.25) is 0 Å². The molecular formula is C47H54BN2. The Morgan fingerprint density at radius 3 is 1.44 bits per heavy atom. The maximum atomic E-state index is 2.52. The highest BCUT2D eigenvalue weighted by Crippen LogP contribution is 2.43. The van der Waals surface area contributed by atoms with Gasteiger partial charge < -0.3 is 9.13 Å². The maximum Gasteiger partial charge on any atom is 0.190 e. The van der Waals surface area contributed by atoms with Crippen molar-refractivity contribution in [3.8, 4) is 22.5 Å². The van der Waals surface area contributed by atoms with Crippen LogP contribution in [0.1, 0.15) is 105 Å². The number of nitrogens with zero attached hydrogens (tertiary/aromatic N) is 2. The van der Waals surface area contributed by atoms with Gasteiger partial charge in [0.25, 0.3) is 0 Å². The molecule has 255 valence electrons. The molecule has 3 aliphatic rings. The molecule has 0 saturated heterocycles. The normalized spacial score (nSPS) is 14.1. The van der Waals surface area contributed by atoms with E-state index in [1.165, 1.54) is 83.0 Å². The number of hydrogen-bond donors (Lipinski definition) is 0. The van der Waals surface area contributed by atoms with Crippen LogP contribution >= 0.6 is 0 Å². The second kappa shape index (κ2) is 11.4. The monoisotopic (exact) mass is 657 g/mol. The number of hydrogen-bond acceptors (Lipinski definition) is 0. The number of rotatable bonds is 2. The lowest BCUT2D eigenvalue weighted by Gasteiger charge is -2.32. The van der Waals surface area contributed by atoms with Gasteiger partial charge in [0.2, 0.25) is 0 Å². The molecule has 0 aliphatic carbocycles. The first kappa shape index (κ1) is 34.2. The van der Waals surface area contributed by atoms with E-state index in [2.05, 4.69) is 197 Å². The minimum Gasteiger partial charge on any atom is -0.310 e. The lowest BCUT2D eigenvalue weighted by atomic mass is 9.52. The van der Waals surface area contributed by atoms with Gasteiger partial charge in [-0.1, -0.05) is 125 Å². The second-order valence-corrected chi connectivity index (χ2v) is 18.8. The van der Waals surface area contributed by atoms with Crippen molar-refractivity contribution in [1.29, 1.82) is 0 Å². The lowest BCUT2D eigenvalue weighted by Crippen LogP contribution is -2.45. The Morgan fingerprint density at radius 1 is 0.460 bits per heavy atom. The van der Waals surface area contributed by atoms with Crippen LogP contribution in [0.3, 0.4) is 0 Å². The molecule has 3 aliphatic heterocycles. The molecule has 50 heavy (non-hydrogen) atoms. The molecule has 0 unspecified atom stereocenters. The van der Waals surface area contributed by atoms with Crippen LogP contribution < -0.4 is 10.8 Å². The van der Waals surface area contributed by atoms with Crippen LogP contribution in [0.25, 0.3) is 50.5 Å². The van der Waals surface area contributed by atoms with E-state index in [1.807, 2.05) is 0 Å². The van der Waals surface area contributed by atoms with E-state index in [0.717, 1.165) is 0 Å². The van der Waals surface area contributed by atoms with Crippen LogP contribution in [0.2, 0.25) is 0 Å². The molecule has 7 rings (SSSR count). The summed E-state index contributed by atoms with van der Waals surface area (Å²) in [6, 6.07) is 30.5. The molecule has 3 heteroatoms. The van der Waals surface area contributed by atoms with Crippen molar-refractivity contribution in [2.24, 2.45) is 5.41 Å². The van der Waals surface area contributed by atoms with Gasteiger partial charge in [0, 0.05) is 27.7 Å². The number of aryl methyl sites for hydroxylation is 1. The number of allylic oxidation sites excluding steroid dienone is 2. The van der Waals surface area contributed by atoms with Crippen LogP contribution in [-0.4, -0.2) is 16.4 Å². The van der Waals surface area contributed by atoms with Crippen LogP contribution in [0, 0.1) is 12.3 Å². The third kappa shape index (κ3) is 5.77. The molecule has 0 spiro atoms. The average Bonchev–Trinajstić information content (AvgIpc) is 3.02. The third-order valence-corrected chi connectivity index (χ3v) is 10.7. The van der Waals surface area contributed by atoms with E-state index in [4.69, 9.17) is 0 Å². The number of benzene rings is 4. The third-order valence-electron chi connectivity index (χ3n) is 10.7. The Hall–Kier alpha value is -4.24. The van der Waals surface area contributed by atoms with Gasteiger partial charge in [-0.15, -0.1) is 0 Å². The summed E-state index contributed by atoms with van der Waals surface area (Å²) in [6.07, 6.45) is 4.71. The Balaban J connectivity index is 1.70. The van der Waals surface area contributed by atoms with Crippen molar-refractivity contribution in [3.63, 3.8) is 0 Å². The zero-order valence-corrected chi connectivity index (χ0v) is 32.6. The topological polar surface area (TPSA) is 9.86 Å². The van der Waals surface area contributed by atoms with Crippen molar-refractivity contribution in [1.82, 2.24) is 9.13 Å². The second-order valence-electron chi connectivity index (χ2n) is 18.8. The van der Waals surface area contributed by atoms with E-state index in [0.29, 0.717) is 0 Å². The minimum absolute atomic E-state index is 0.0107. The van der Waals surface area contributed by atoms with E-state index < -0.39 is 0 Å². The Kier molecular flexibility index (Phi) is 7.80. The summed E-state index contributed by atoms with van der Waals surface area (Å²) in [5.74, 6) is 0. The summed E-state index contributed by atoms with van der Waals surface area (Å²) in [7, 11) is 2.48. The van der Waals surface area contributed by atoms with E-state index in [1.54, 1.807) is 0 Å². The number of aromatic nitrogens is 2. The predicted molar refractivity (Wildman–Crippen MR) is 219 cm³/mol. The summed E-state index contributed by atoms with van der Waals surface area (Å²) < 4.78 is 5.03. The lowest BCUT2D eigenvalue weighted by molar-refractivity contribution is 0.529. The highest BCUT2D eigenvalue weighted by Gasteiger charge is 2.30. The molecule has 2 nitrogen and oxygen atoms in total. The van der Waals surface area contributed by atoms with Gasteiger partial charge in [0.05, 0.1) is 16.6 Å². The molecule has 0 saturated carbocycles. The van der Waals surface area contributed by atoms with Crippen LogP contribution in [0.15, 0.2) is 90.4 Å². The Bertz CT molecular complexity index is 2350. The molecule has 0 N–H and O–H groups in total. The summed E-state index contributed by atoms with van der Waals surface area (Å²) in [6.45, 7) is 29.9. The summed E-state index contributed by atoms with van der Waals surface area (Å²) in [5.41, 5.74) is 16.8. The standard InChI is InChI=1S/C47H54BN2/c1-29-26-38-42-39(27-29)50(34-21-16-31(17-22-34)45(5,6)7)37-24-25-40(47(11,12)13)48-43(37)41(42)35-28-32(46(8,9)10)18-23-36(35)49(38)33-19-14-30(15-20-33)44(2,3)4/h14-28H,1-13H3. The van der Waals surface area contributed by atoms with Gasteiger partial charge in [0.15, 0.2) is 7.28 Å². The quantitative estimate of drug-likeness (QED) is 0.0996. The van der Waals surface area contributed by atoms with Crippen LogP contribution in [0.4, 0.5) is 0 Å². The number of fused-ring (bicyclic) bond motifs is 4. The SMILES string of the molecule is Cc1cc2c3c(c1)n(-c1ccc(C(C)(C)C)cc1)c1ccc(C(C)(C)C)cc1c-3c1c(n2-c2ccc(C(C)(C)C)cc2)=CC=C(C(C)(C)C)[B]1. The molecule has 3 heterocycles. The zero-order valence-electron chi connectivity index (χ0n) is 32.6. The molecule has 0 atom stereocenters. The fourth-order valence-electron chi connectivity index (χ4n) is 7.60. The van der Waals surface area contributed by atoms with Crippen molar-refractivity contribution >= 4 is 40.8 Å². The van der Waals surface area contributed by atoms with Gasteiger partial charge >= 0.3 is 0 Å². The minimum atomic E-state index is 0.0107. The van der Waals surface area contributed by atoms with E-state index in [9.17, 15) is 0 Å². The average molecular weight is 658 g/mol. The van der Waals surface area contributed by atoms with Crippen molar-refractivity contribution < 1.29 is 0 Å². The molecule has 0 fully saturated rings.